The molecule has 0 amide bonds. The van der Waals surface area contributed by atoms with Crippen LogP contribution in [0.25, 0.3) is 0 Å². The van der Waals surface area contributed by atoms with Crippen molar-refractivity contribution in [1.29, 1.82) is 0 Å². The number of ether oxygens (including phenoxy) is 3. The molecule has 0 aromatic heterocycles. The molecule has 0 atom stereocenters. The molecule has 0 N–H and O–H groups in total. The van der Waals surface area contributed by atoms with Crippen LogP contribution in [0.4, 0.5) is 8.78 Å². The second kappa shape index (κ2) is 13.1. The van der Waals surface area contributed by atoms with E-state index in [0.717, 1.165) is 25.7 Å². The van der Waals surface area contributed by atoms with E-state index >= 15 is 0 Å². The van der Waals surface area contributed by atoms with Crippen molar-refractivity contribution in [2.75, 3.05) is 13.2 Å². The van der Waals surface area contributed by atoms with Gasteiger partial charge in [0.25, 0.3) is 0 Å². The van der Waals surface area contributed by atoms with Crippen LogP contribution in [0.15, 0.2) is 10.5 Å². The Labute approximate surface area is 227 Å². The molecule has 4 nitrogen and oxygen atoms in total. The lowest BCUT2D eigenvalue weighted by Crippen LogP contribution is -2.38. The fourth-order valence-electron chi connectivity index (χ4n) is 2.16. The zero-order valence-corrected chi connectivity index (χ0v) is 25.3. The van der Waals surface area contributed by atoms with Gasteiger partial charge in [0.05, 0.1) is 16.1 Å². The van der Waals surface area contributed by atoms with Crippen molar-refractivity contribution in [2.24, 2.45) is 5.92 Å². The van der Waals surface area contributed by atoms with Gasteiger partial charge in [-0.05, 0) is 105 Å². The molecule has 172 valence electrons. The van der Waals surface area contributed by atoms with Crippen molar-refractivity contribution in [2.45, 2.75) is 47.8 Å². The molecule has 0 unspecified atom stereocenters. The van der Waals surface area contributed by atoms with E-state index in [4.69, 9.17) is 25.8 Å². The maximum absolute atomic E-state index is 14.2. The number of unbranched alkanes of at least 4 members (excludes halogenated alkanes) is 2. The number of hydrogen-bond donors (Lipinski definition) is 0. The fourth-order valence-corrected chi connectivity index (χ4v) is 4.69. The minimum absolute atomic E-state index is 0.0565. The van der Waals surface area contributed by atoms with E-state index in [1.54, 1.807) is 22.6 Å². The van der Waals surface area contributed by atoms with Gasteiger partial charge in [0.2, 0.25) is 2.14 Å². The number of hydrogen-bond acceptors (Lipinski definition) is 4. The van der Waals surface area contributed by atoms with Crippen molar-refractivity contribution < 1.29 is 27.8 Å². The van der Waals surface area contributed by atoms with Gasteiger partial charge >= 0.3 is 12.1 Å². The third-order valence-corrected chi connectivity index (χ3v) is 6.90. The van der Waals surface area contributed by atoms with Crippen LogP contribution < -0.4 is 9.47 Å². The first-order valence-electron chi connectivity index (χ1n) is 8.85. The molecule has 0 spiro atoms. The molecule has 1 rings (SSSR count). The van der Waals surface area contributed by atoms with Gasteiger partial charge in [0, 0.05) is 0 Å². The van der Waals surface area contributed by atoms with E-state index in [1.165, 1.54) is 6.07 Å². The van der Waals surface area contributed by atoms with E-state index in [0.29, 0.717) is 17.0 Å². The van der Waals surface area contributed by atoms with Crippen LogP contribution in [-0.2, 0) is 9.53 Å². The van der Waals surface area contributed by atoms with Crippen LogP contribution >= 0.6 is 97.9 Å². The van der Waals surface area contributed by atoms with E-state index in [1.807, 2.05) is 0 Å². The van der Waals surface area contributed by atoms with Crippen molar-refractivity contribution in [3.05, 3.63) is 19.1 Å². The average molecular weight is 820 g/mol. The monoisotopic (exact) mass is 816 g/mol. The Kier molecular flexibility index (Phi) is 12.7. The molecule has 12 heteroatoms. The van der Waals surface area contributed by atoms with Gasteiger partial charge in [-0.2, -0.15) is 8.78 Å². The zero-order chi connectivity index (χ0) is 23.1. The lowest BCUT2D eigenvalue weighted by atomic mass is 10.1. The topological polar surface area (TPSA) is 44.8 Å². The summed E-state index contributed by atoms with van der Waals surface area (Å²) in [7, 11) is 0. The first kappa shape index (κ1) is 29.1. The first-order chi connectivity index (χ1) is 13.8. The van der Waals surface area contributed by atoms with Crippen LogP contribution in [0, 0.1) is 9.49 Å². The largest absolute Gasteiger partial charge is 0.479 e. The van der Waals surface area contributed by atoms with Gasteiger partial charge in [-0.3, -0.25) is 0 Å². The predicted molar refractivity (Wildman–Crippen MR) is 137 cm³/mol. The maximum atomic E-state index is 14.2. The van der Waals surface area contributed by atoms with Crippen molar-refractivity contribution in [3.8, 4) is 11.5 Å². The molecule has 0 bridgehead atoms. The van der Waals surface area contributed by atoms with Crippen LogP contribution in [0.5, 0.6) is 11.5 Å². The standard InChI is InChI=1S/C18H20Br4ClF2IO4/c1-10(2)6-4-3-5-7-28-13(27)9-29-15-11(19)8-12(23)16(14(15)26)30-18(24,25)17(20,21)22/h8,10H,3-7,9H2,1-2H3. The predicted octanol–water partition coefficient (Wildman–Crippen LogP) is 8.66. The number of alkyl halides is 5. The third-order valence-electron chi connectivity index (χ3n) is 3.67. The van der Waals surface area contributed by atoms with E-state index in [9.17, 15) is 13.6 Å². The summed E-state index contributed by atoms with van der Waals surface area (Å²) in [5.41, 5.74) is 0. The second-order valence-electron chi connectivity index (χ2n) is 6.68. The Morgan fingerprint density at radius 1 is 1.20 bits per heavy atom. The summed E-state index contributed by atoms with van der Waals surface area (Å²) in [6.07, 6.45) is 0.284. The minimum atomic E-state index is -3.71. The molecule has 30 heavy (non-hydrogen) atoms. The summed E-state index contributed by atoms with van der Waals surface area (Å²) >= 11 is 19.3. The van der Waals surface area contributed by atoms with Gasteiger partial charge in [-0.25, -0.2) is 4.79 Å². The quantitative estimate of drug-likeness (QED) is 0.0972. The van der Waals surface area contributed by atoms with Crippen LogP contribution in [0.1, 0.15) is 39.5 Å². The summed E-state index contributed by atoms with van der Waals surface area (Å²) in [5, 5.41) is -0.0565. The molecule has 0 aliphatic carbocycles. The normalized spacial score (nSPS) is 12.2. The molecule has 0 fully saturated rings. The minimum Gasteiger partial charge on any atom is -0.479 e. The molecule has 1 aromatic carbocycles. The lowest BCUT2D eigenvalue weighted by Gasteiger charge is -2.26. The average Bonchev–Trinajstić information content (AvgIpc) is 2.60. The number of carbonyl (C=O) groups excluding carboxylic acids is 1. The summed E-state index contributed by atoms with van der Waals surface area (Å²) in [5.74, 6) is -0.0412. The Morgan fingerprint density at radius 2 is 1.83 bits per heavy atom. The van der Waals surface area contributed by atoms with Gasteiger partial charge in [0.15, 0.2) is 18.1 Å². The van der Waals surface area contributed by atoms with Crippen molar-refractivity contribution >= 4 is 104 Å². The molecule has 0 radical (unpaired) electrons. The number of rotatable bonds is 11. The third kappa shape index (κ3) is 9.52. The Hall–Kier alpha value is 1.09. The highest BCUT2D eigenvalue weighted by Gasteiger charge is 2.52. The van der Waals surface area contributed by atoms with Crippen LogP contribution in [-0.4, -0.2) is 27.4 Å². The molecular formula is C18H20Br4ClF2IO4. The fraction of sp³-hybridized carbons (Fsp3) is 0.611. The molecule has 0 aliphatic rings. The Balaban J connectivity index is 2.71. The summed E-state index contributed by atoms with van der Waals surface area (Å²) < 4.78 is 42.5. The SMILES string of the molecule is CC(C)CCCCCOC(=O)COc1c(Br)cc(Cl)c(OC(F)(F)C(Br)(Br)Br)c1I. The van der Waals surface area contributed by atoms with E-state index < -0.39 is 14.2 Å². The highest BCUT2D eigenvalue weighted by molar-refractivity contribution is 14.1. The second-order valence-corrected chi connectivity index (χ2v) is 15.8. The zero-order valence-electron chi connectivity index (χ0n) is 16.1. The van der Waals surface area contributed by atoms with Crippen molar-refractivity contribution in [1.82, 2.24) is 0 Å². The molecule has 1 aromatic rings. The van der Waals surface area contributed by atoms with E-state index in [2.05, 4.69) is 77.6 Å². The Bertz CT molecular complexity index is 733. The van der Waals surface area contributed by atoms with Crippen LogP contribution in [0.3, 0.4) is 0 Å². The summed E-state index contributed by atoms with van der Waals surface area (Å²) in [6, 6.07) is 1.35. The molecular weight excluding hydrogens is 800 g/mol. The van der Waals surface area contributed by atoms with Gasteiger partial charge in [0.1, 0.15) is 3.57 Å². The number of carbonyl (C=O) groups is 1. The van der Waals surface area contributed by atoms with Gasteiger partial charge in [-0.1, -0.05) is 44.7 Å². The number of benzene rings is 1. The number of esters is 1. The first-order valence-corrected chi connectivity index (χ1v) is 13.5. The van der Waals surface area contributed by atoms with Crippen molar-refractivity contribution in [3.63, 3.8) is 0 Å². The highest BCUT2D eigenvalue weighted by Crippen LogP contribution is 2.51. The molecule has 0 saturated carbocycles. The van der Waals surface area contributed by atoms with Crippen LogP contribution in [0.2, 0.25) is 5.02 Å². The van der Waals surface area contributed by atoms with Gasteiger partial charge < -0.3 is 14.2 Å². The highest BCUT2D eigenvalue weighted by atomic mass is 127. The number of halogens is 8. The van der Waals surface area contributed by atoms with E-state index in [-0.39, 0.29) is 26.7 Å². The molecule has 0 aliphatic heterocycles. The Morgan fingerprint density at radius 3 is 2.40 bits per heavy atom. The smallest absolute Gasteiger partial charge is 0.434 e. The molecule has 0 heterocycles. The maximum Gasteiger partial charge on any atom is 0.434 e. The lowest BCUT2D eigenvalue weighted by molar-refractivity contribution is -0.164. The molecule has 0 saturated heterocycles. The summed E-state index contributed by atoms with van der Waals surface area (Å²) in [4.78, 5) is 11.9. The van der Waals surface area contributed by atoms with Gasteiger partial charge in [-0.15, -0.1) is 0 Å². The summed E-state index contributed by atoms with van der Waals surface area (Å²) in [6.45, 7) is 4.27.